The summed E-state index contributed by atoms with van der Waals surface area (Å²) in [5, 5.41) is 3.87. The number of anilines is 1. The molecule has 34 heavy (non-hydrogen) atoms. The van der Waals surface area contributed by atoms with E-state index in [-0.39, 0.29) is 17.1 Å². The van der Waals surface area contributed by atoms with E-state index in [1.807, 2.05) is 19.2 Å². The van der Waals surface area contributed by atoms with Crippen LogP contribution in [0.3, 0.4) is 0 Å². The molecular formula is C25H28F4N4O. The zero-order valence-electron chi connectivity index (χ0n) is 19.1. The van der Waals surface area contributed by atoms with E-state index in [2.05, 4.69) is 19.9 Å². The van der Waals surface area contributed by atoms with Crippen molar-refractivity contribution in [3.05, 3.63) is 71.7 Å². The highest BCUT2D eigenvalue weighted by Gasteiger charge is 2.34. The van der Waals surface area contributed by atoms with E-state index in [0.29, 0.717) is 12.3 Å². The topological polar surface area (TPSA) is 35.8 Å². The Balaban J connectivity index is 1.22. The molecule has 2 heterocycles. The number of hydrogen-bond acceptors (Lipinski definition) is 5. The first-order chi connectivity index (χ1) is 16.3. The summed E-state index contributed by atoms with van der Waals surface area (Å²) in [6, 6.07) is 13.6. The lowest BCUT2D eigenvalue weighted by atomic mass is 10.0. The Labute approximate surface area is 196 Å². The van der Waals surface area contributed by atoms with Crippen molar-refractivity contribution in [1.82, 2.24) is 15.0 Å². The zero-order valence-corrected chi connectivity index (χ0v) is 19.1. The maximum Gasteiger partial charge on any atom is 0.417 e. The molecule has 0 aliphatic carbocycles. The van der Waals surface area contributed by atoms with Gasteiger partial charge in [-0.05, 0) is 56.9 Å². The molecule has 0 N–H and O–H groups in total. The van der Waals surface area contributed by atoms with Crippen molar-refractivity contribution in [3.8, 4) is 11.3 Å². The summed E-state index contributed by atoms with van der Waals surface area (Å²) in [7, 11) is 1.96. The highest BCUT2D eigenvalue weighted by Crippen LogP contribution is 2.36. The van der Waals surface area contributed by atoms with E-state index >= 15 is 0 Å². The number of hydrogen-bond donors (Lipinski definition) is 0. The highest BCUT2D eigenvalue weighted by molar-refractivity contribution is 5.64. The third kappa shape index (κ3) is 6.15. The molecule has 0 radical (unpaired) electrons. The minimum Gasteiger partial charge on any atom is -0.369 e. The largest absolute Gasteiger partial charge is 0.417 e. The van der Waals surface area contributed by atoms with Crippen molar-refractivity contribution in [2.75, 3.05) is 51.2 Å². The van der Waals surface area contributed by atoms with Crippen LogP contribution in [0, 0.1) is 5.82 Å². The van der Waals surface area contributed by atoms with Crippen molar-refractivity contribution in [2.24, 2.45) is 0 Å². The first-order valence-corrected chi connectivity index (χ1v) is 11.3. The Morgan fingerprint density at radius 3 is 2.41 bits per heavy atom. The van der Waals surface area contributed by atoms with Crippen LogP contribution in [0.25, 0.3) is 11.3 Å². The molecule has 0 atom stereocenters. The summed E-state index contributed by atoms with van der Waals surface area (Å²) in [5.41, 5.74) is 0.538. The molecule has 0 spiro atoms. The third-order valence-electron chi connectivity index (χ3n) is 6.07. The number of halogens is 4. The molecule has 9 heteroatoms. The van der Waals surface area contributed by atoms with Gasteiger partial charge in [0.1, 0.15) is 11.5 Å². The molecule has 1 aliphatic heterocycles. The van der Waals surface area contributed by atoms with Crippen molar-refractivity contribution >= 4 is 5.69 Å². The van der Waals surface area contributed by atoms with Gasteiger partial charge in [0.15, 0.2) is 5.76 Å². The number of nitrogens with zero attached hydrogens (tertiary/aromatic N) is 4. The van der Waals surface area contributed by atoms with Gasteiger partial charge in [0, 0.05) is 43.5 Å². The molecule has 5 nitrogen and oxygen atoms in total. The van der Waals surface area contributed by atoms with Crippen molar-refractivity contribution < 1.29 is 22.1 Å². The van der Waals surface area contributed by atoms with Crippen molar-refractivity contribution in [2.45, 2.75) is 19.1 Å². The Morgan fingerprint density at radius 2 is 1.71 bits per heavy atom. The molecule has 0 bridgehead atoms. The lowest BCUT2D eigenvalue weighted by Crippen LogP contribution is -2.47. The molecular weight excluding hydrogens is 448 g/mol. The summed E-state index contributed by atoms with van der Waals surface area (Å²) in [6.07, 6.45) is -3.48. The Bertz CT molecular complexity index is 1060. The van der Waals surface area contributed by atoms with Gasteiger partial charge in [-0.15, -0.1) is 0 Å². The van der Waals surface area contributed by atoms with E-state index in [0.717, 1.165) is 57.4 Å². The highest BCUT2D eigenvalue weighted by atomic mass is 19.4. The number of rotatable bonds is 8. The second kappa shape index (κ2) is 10.6. The van der Waals surface area contributed by atoms with Gasteiger partial charge in [-0.25, -0.2) is 4.39 Å². The number of benzene rings is 2. The molecule has 1 aromatic heterocycles. The predicted molar refractivity (Wildman–Crippen MR) is 123 cm³/mol. The third-order valence-corrected chi connectivity index (χ3v) is 6.07. The summed E-state index contributed by atoms with van der Waals surface area (Å²) in [5.74, 6) is 0.307. The molecule has 4 rings (SSSR count). The van der Waals surface area contributed by atoms with Crippen LogP contribution in [0.2, 0.25) is 0 Å². The molecule has 3 aromatic rings. The minimum atomic E-state index is -4.45. The van der Waals surface area contributed by atoms with Gasteiger partial charge in [0.2, 0.25) is 0 Å². The van der Waals surface area contributed by atoms with Gasteiger partial charge in [-0.2, -0.15) is 13.2 Å². The maximum absolute atomic E-state index is 13.3. The number of aromatic nitrogens is 1. The van der Waals surface area contributed by atoms with Crippen molar-refractivity contribution in [3.63, 3.8) is 0 Å². The Morgan fingerprint density at radius 1 is 1.00 bits per heavy atom. The van der Waals surface area contributed by atoms with Crippen LogP contribution in [0.5, 0.6) is 0 Å². The molecule has 1 fully saturated rings. The quantitative estimate of drug-likeness (QED) is 0.421. The van der Waals surface area contributed by atoms with E-state index in [1.54, 1.807) is 12.1 Å². The summed E-state index contributed by atoms with van der Waals surface area (Å²) in [4.78, 5) is 6.75. The molecule has 1 aliphatic rings. The molecule has 0 unspecified atom stereocenters. The summed E-state index contributed by atoms with van der Waals surface area (Å²) in [6.45, 7) is 5.97. The standard InChI is InChI=1S/C25H28F4N4O/c1-31(11-4-12-32-13-15-33(16-14-32)20-9-7-19(26)8-10-20)18-21-17-24(30-34-21)22-5-2-3-6-23(22)25(27,28)29/h2-3,5-10,17H,4,11-16,18H2,1H3. The van der Waals surface area contributed by atoms with E-state index in [4.69, 9.17) is 4.52 Å². The lowest BCUT2D eigenvalue weighted by molar-refractivity contribution is -0.137. The van der Waals surface area contributed by atoms with Crippen molar-refractivity contribution in [1.29, 1.82) is 0 Å². The monoisotopic (exact) mass is 476 g/mol. The van der Waals surface area contributed by atoms with Gasteiger partial charge in [0.05, 0.1) is 12.1 Å². The summed E-state index contributed by atoms with van der Waals surface area (Å²) < 4.78 is 58.3. The van der Waals surface area contributed by atoms with Crippen LogP contribution in [0.1, 0.15) is 17.7 Å². The molecule has 2 aromatic carbocycles. The first kappa shape index (κ1) is 24.2. The van der Waals surface area contributed by atoms with E-state index < -0.39 is 11.7 Å². The normalized spacial score (nSPS) is 15.3. The Kier molecular flexibility index (Phi) is 7.53. The SMILES string of the molecule is CN(CCCN1CCN(c2ccc(F)cc2)CC1)Cc1cc(-c2ccccc2C(F)(F)F)no1. The molecule has 0 saturated carbocycles. The van der Waals surface area contributed by atoms with Gasteiger partial charge < -0.3 is 9.42 Å². The van der Waals surface area contributed by atoms with Crippen LogP contribution in [-0.2, 0) is 12.7 Å². The number of piperazine rings is 1. The Hall–Kier alpha value is -2.91. The van der Waals surface area contributed by atoms with Crippen LogP contribution in [-0.4, -0.2) is 61.3 Å². The summed E-state index contributed by atoms with van der Waals surface area (Å²) >= 11 is 0. The second-order valence-corrected chi connectivity index (χ2v) is 8.62. The van der Waals surface area contributed by atoms with Crippen LogP contribution in [0.4, 0.5) is 23.2 Å². The average Bonchev–Trinajstić information content (AvgIpc) is 3.28. The van der Waals surface area contributed by atoms with E-state index in [1.165, 1.54) is 24.3 Å². The van der Waals surface area contributed by atoms with Gasteiger partial charge >= 0.3 is 6.18 Å². The second-order valence-electron chi connectivity index (χ2n) is 8.62. The van der Waals surface area contributed by atoms with Crippen LogP contribution in [0.15, 0.2) is 59.1 Å². The first-order valence-electron chi connectivity index (χ1n) is 11.3. The maximum atomic E-state index is 13.3. The van der Waals surface area contributed by atoms with Gasteiger partial charge in [0.25, 0.3) is 0 Å². The molecule has 182 valence electrons. The smallest absolute Gasteiger partial charge is 0.369 e. The predicted octanol–water partition coefficient (Wildman–Crippen LogP) is 5.14. The van der Waals surface area contributed by atoms with Crippen LogP contribution >= 0.6 is 0 Å². The fourth-order valence-electron chi connectivity index (χ4n) is 4.26. The van der Waals surface area contributed by atoms with Gasteiger partial charge in [-0.1, -0.05) is 23.4 Å². The van der Waals surface area contributed by atoms with Crippen LogP contribution < -0.4 is 4.90 Å². The van der Waals surface area contributed by atoms with Gasteiger partial charge in [-0.3, -0.25) is 9.80 Å². The minimum absolute atomic E-state index is 0.0208. The fraction of sp³-hybridized carbons (Fsp3) is 0.400. The fourth-order valence-corrected chi connectivity index (χ4v) is 4.26. The molecule has 0 amide bonds. The van der Waals surface area contributed by atoms with E-state index in [9.17, 15) is 17.6 Å². The lowest BCUT2D eigenvalue weighted by Gasteiger charge is -2.36. The zero-order chi connectivity index (χ0) is 24.1. The molecule has 1 saturated heterocycles. The number of alkyl halides is 3. The average molecular weight is 477 g/mol.